The number of amides is 1. The molecular weight excluding hydrogens is 376 g/mol. The van der Waals surface area contributed by atoms with E-state index in [9.17, 15) is 9.59 Å². The van der Waals surface area contributed by atoms with Crippen LogP contribution in [-0.4, -0.2) is 32.2 Å². The van der Waals surface area contributed by atoms with Crippen molar-refractivity contribution in [3.05, 3.63) is 58.9 Å². The average molecular weight is 398 g/mol. The number of carbonyl (C=O) groups is 2. The van der Waals surface area contributed by atoms with Crippen LogP contribution in [0.3, 0.4) is 0 Å². The van der Waals surface area contributed by atoms with Gasteiger partial charge >= 0.3 is 5.97 Å². The molecule has 1 amide bonds. The van der Waals surface area contributed by atoms with E-state index in [-0.39, 0.29) is 11.4 Å². The first-order valence-electron chi connectivity index (χ1n) is 8.91. The zero-order valence-corrected chi connectivity index (χ0v) is 17.0. The van der Waals surface area contributed by atoms with Gasteiger partial charge in [0.15, 0.2) is 16.5 Å². The molecular formula is C20H22N4O3S. The smallest absolute Gasteiger partial charge is 0.357 e. The number of ether oxygens (including phenoxy) is 1. The lowest BCUT2D eigenvalue weighted by Crippen LogP contribution is -2.25. The van der Waals surface area contributed by atoms with E-state index in [1.54, 1.807) is 32.9 Å². The molecule has 0 saturated heterocycles. The number of nitrogens with zero attached hydrogens (tertiary/aromatic N) is 3. The van der Waals surface area contributed by atoms with Crippen LogP contribution in [0, 0.1) is 0 Å². The summed E-state index contributed by atoms with van der Waals surface area (Å²) in [7, 11) is 0. The van der Waals surface area contributed by atoms with Crippen molar-refractivity contribution in [1.29, 1.82) is 0 Å². The van der Waals surface area contributed by atoms with E-state index >= 15 is 0 Å². The molecule has 146 valence electrons. The summed E-state index contributed by atoms with van der Waals surface area (Å²) < 4.78 is 6.89. The lowest BCUT2D eigenvalue weighted by Gasteiger charge is -2.19. The number of aryl methyl sites for hydroxylation is 1. The quantitative estimate of drug-likeness (QED) is 0.654. The summed E-state index contributed by atoms with van der Waals surface area (Å²) in [6.07, 6.45) is 0.789. The SMILES string of the molecule is CCc1csc(NC(=O)c2cc(C(=O)OC(C)(C)C)n(-c3ccccc3)n2)n1. The molecule has 7 nitrogen and oxygen atoms in total. The van der Waals surface area contributed by atoms with Gasteiger partial charge in [0.1, 0.15) is 5.60 Å². The van der Waals surface area contributed by atoms with Gasteiger partial charge in [-0.25, -0.2) is 14.5 Å². The molecule has 0 radical (unpaired) electrons. The standard InChI is InChI=1S/C20H22N4O3S/c1-5-13-12-28-19(21-13)22-17(25)15-11-16(18(26)27-20(2,3)4)24(23-15)14-9-7-6-8-10-14/h6-12H,5H2,1-4H3,(H,21,22,25). The summed E-state index contributed by atoms with van der Waals surface area (Å²) in [6.45, 7) is 7.36. The van der Waals surface area contributed by atoms with Gasteiger partial charge in [0.2, 0.25) is 0 Å². The fourth-order valence-electron chi connectivity index (χ4n) is 2.42. The molecule has 0 aliphatic rings. The van der Waals surface area contributed by atoms with Crippen molar-refractivity contribution in [3.63, 3.8) is 0 Å². The fourth-order valence-corrected chi connectivity index (χ4v) is 3.21. The van der Waals surface area contributed by atoms with Gasteiger partial charge in [-0.1, -0.05) is 25.1 Å². The molecule has 0 unspecified atom stereocenters. The number of esters is 1. The molecule has 3 aromatic rings. The summed E-state index contributed by atoms with van der Waals surface area (Å²) >= 11 is 1.35. The highest BCUT2D eigenvalue weighted by Gasteiger charge is 2.25. The van der Waals surface area contributed by atoms with Crippen LogP contribution in [0.15, 0.2) is 41.8 Å². The van der Waals surface area contributed by atoms with Crippen LogP contribution >= 0.6 is 11.3 Å². The number of anilines is 1. The number of hydrogen-bond acceptors (Lipinski definition) is 6. The van der Waals surface area contributed by atoms with Gasteiger partial charge in [0, 0.05) is 11.4 Å². The van der Waals surface area contributed by atoms with Crippen molar-refractivity contribution in [2.75, 3.05) is 5.32 Å². The highest BCUT2D eigenvalue weighted by molar-refractivity contribution is 7.13. The van der Waals surface area contributed by atoms with Crippen molar-refractivity contribution >= 4 is 28.3 Å². The van der Waals surface area contributed by atoms with E-state index in [1.165, 1.54) is 22.1 Å². The maximum absolute atomic E-state index is 12.7. The average Bonchev–Trinajstić information content (AvgIpc) is 3.28. The van der Waals surface area contributed by atoms with Gasteiger partial charge in [0.25, 0.3) is 5.91 Å². The normalized spacial score (nSPS) is 11.3. The number of rotatable bonds is 5. The van der Waals surface area contributed by atoms with E-state index in [0.29, 0.717) is 10.8 Å². The van der Waals surface area contributed by atoms with Crippen molar-refractivity contribution in [2.24, 2.45) is 0 Å². The van der Waals surface area contributed by atoms with Crippen LogP contribution in [0.5, 0.6) is 0 Å². The number of aromatic nitrogens is 3. The number of benzene rings is 1. The minimum atomic E-state index is -0.664. The van der Waals surface area contributed by atoms with E-state index in [4.69, 9.17) is 4.74 Å². The molecule has 1 N–H and O–H groups in total. The Morgan fingerprint density at radius 3 is 2.54 bits per heavy atom. The molecule has 0 bridgehead atoms. The Morgan fingerprint density at radius 2 is 1.93 bits per heavy atom. The zero-order chi connectivity index (χ0) is 20.3. The number of hydrogen-bond donors (Lipinski definition) is 1. The van der Waals surface area contributed by atoms with Crippen LogP contribution in [-0.2, 0) is 11.2 Å². The second-order valence-electron chi connectivity index (χ2n) is 7.12. The topological polar surface area (TPSA) is 86.1 Å². The summed E-state index contributed by atoms with van der Waals surface area (Å²) in [5.41, 5.74) is 1.19. The minimum Gasteiger partial charge on any atom is -0.455 e. The number of thiazole rings is 1. The Balaban J connectivity index is 1.94. The zero-order valence-electron chi connectivity index (χ0n) is 16.2. The number of nitrogens with one attached hydrogen (secondary N) is 1. The largest absolute Gasteiger partial charge is 0.455 e. The predicted molar refractivity (Wildman–Crippen MR) is 108 cm³/mol. The maximum Gasteiger partial charge on any atom is 0.357 e. The number of para-hydroxylation sites is 1. The van der Waals surface area contributed by atoms with Crippen LogP contribution in [0.25, 0.3) is 5.69 Å². The molecule has 2 heterocycles. The fraction of sp³-hybridized carbons (Fsp3) is 0.300. The highest BCUT2D eigenvalue weighted by atomic mass is 32.1. The molecule has 0 aliphatic carbocycles. The van der Waals surface area contributed by atoms with Crippen molar-refractivity contribution in [2.45, 2.75) is 39.7 Å². The molecule has 8 heteroatoms. The Kier molecular flexibility index (Phi) is 5.60. The predicted octanol–water partition coefficient (Wildman–Crippen LogP) is 4.10. The Hall–Kier alpha value is -3.00. The lowest BCUT2D eigenvalue weighted by atomic mass is 10.2. The molecule has 2 aromatic heterocycles. The summed E-state index contributed by atoms with van der Waals surface area (Å²) in [5, 5.41) is 9.46. The van der Waals surface area contributed by atoms with Crippen LogP contribution in [0.4, 0.5) is 5.13 Å². The van der Waals surface area contributed by atoms with Crippen LogP contribution < -0.4 is 5.32 Å². The van der Waals surface area contributed by atoms with Gasteiger partial charge in [-0.3, -0.25) is 10.1 Å². The first-order valence-corrected chi connectivity index (χ1v) is 9.79. The van der Waals surface area contributed by atoms with Gasteiger partial charge in [-0.15, -0.1) is 11.3 Å². The molecule has 0 atom stereocenters. The van der Waals surface area contributed by atoms with Gasteiger partial charge in [0.05, 0.1) is 11.4 Å². The van der Waals surface area contributed by atoms with Crippen molar-refractivity contribution < 1.29 is 14.3 Å². The molecule has 0 spiro atoms. The third-order valence-electron chi connectivity index (χ3n) is 3.69. The summed E-state index contributed by atoms with van der Waals surface area (Å²) in [6, 6.07) is 10.6. The van der Waals surface area contributed by atoms with Crippen LogP contribution in [0.1, 0.15) is 54.4 Å². The van der Waals surface area contributed by atoms with Gasteiger partial charge in [-0.05, 0) is 39.3 Å². The van der Waals surface area contributed by atoms with Gasteiger partial charge < -0.3 is 4.74 Å². The molecule has 0 fully saturated rings. The number of carbonyl (C=O) groups excluding carboxylic acids is 2. The highest BCUT2D eigenvalue weighted by Crippen LogP contribution is 2.20. The Labute approximate surface area is 167 Å². The van der Waals surface area contributed by atoms with E-state index in [1.807, 2.05) is 30.5 Å². The Bertz CT molecular complexity index is 987. The summed E-state index contributed by atoms with van der Waals surface area (Å²) in [5.74, 6) is -0.984. The third-order valence-corrected chi connectivity index (χ3v) is 4.49. The van der Waals surface area contributed by atoms with E-state index in [2.05, 4.69) is 15.4 Å². The monoisotopic (exact) mass is 398 g/mol. The summed E-state index contributed by atoms with van der Waals surface area (Å²) in [4.78, 5) is 29.6. The lowest BCUT2D eigenvalue weighted by molar-refractivity contribution is 0.00593. The minimum absolute atomic E-state index is 0.109. The van der Waals surface area contributed by atoms with Crippen molar-refractivity contribution in [3.8, 4) is 5.69 Å². The second kappa shape index (κ2) is 7.93. The van der Waals surface area contributed by atoms with E-state index in [0.717, 1.165) is 12.1 Å². The first kappa shape index (κ1) is 19.8. The Morgan fingerprint density at radius 1 is 1.21 bits per heavy atom. The van der Waals surface area contributed by atoms with Gasteiger partial charge in [-0.2, -0.15) is 5.10 Å². The molecule has 3 rings (SSSR count). The third kappa shape index (κ3) is 4.64. The molecule has 0 saturated carbocycles. The first-order chi connectivity index (χ1) is 13.3. The van der Waals surface area contributed by atoms with E-state index < -0.39 is 17.5 Å². The molecule has 0 aliphatic heterocycles. The molecule has 28 heavy (non-hydrogen) atoms. The van der Waals surface area contributed by atoms with Crippen LogP contribution in [0.2, 0.25) is 0 Å². The maximum atomic E-state index is 12.7. The molecule has 1 aromatic carbocycles. The van der Waals surface area contributed by atoms with Crippen molar-refractivity contribution in [1.82, 2.24) is 14.8 Å². The second-order valence-corrected chi connectivity index (χ2v) is 7.97.